The zero-order valence-corrected chi connectivity index (χ0v) is 12.1. The summed E-state index contributed by atoms with van der Waals surface area (Å²) >= 11 is 0. The highest BCUT2D eigenvalue weighted by molar-refractivity contribution is 6.11. The lowest BCUT2D eigenvalue weighted by Crippen LogP contribution is -2.49. The average Bonchev–Trinajstić information content (AvgIpc) is 3.10. The van der Waals surface area contributed by atoms with Crippen molar-refractivity contribution >= 4 is 5.78 Å². The first-order valence-electron chi connectivity index (χ1n) is 7.12. The Bertz CT molecular complexity index is 566. The largest absolute Gasteiger partial charge is 0.381 e. The second-order valence-corrected chi connectivity index (χ2v) is 6.25. The van der Waals surface area contributed by atoms with Crippen LogP contribution in [0.2, 0.25) is 0 Å². The number of allylic oxidation sites excluding steroid dienone is 4. The first-order valence-corrected chi connectivity index (χ1v) is 7.12. The molecule has 1 radical (unpaired) electrons. The molecule has 2 nitrogen and oxygen atoms in total. The van der Waals surface area contributed by atoms with Crippen LogP contribution in [0.15, 0.2) is 33.9 Å². The van der Waals surface area contributed by atoms with E-state index in [0.717, 1.165) is 36.0 Å². The van der Waals surface area contributed by atoms with Crippen LogP contribution in [0.25, 0.3) is 0 Å². The Kier molecular flexibility index (Phi) is 2.50. The molecule has 1 N–H and O–H groups in total. The van der Waals surface area contributed by atoms with Crippen LogP contribution in [0, 0.1) is 11.8 Å². The maximum absolute atomic E-state index is 12.6. The Morgan fingerprint density at radius 2 is 2.00 bits per heavy atom. The molecule has 0 aromatic carbocycles. The monoisotopic (exact) mass is 257 g/mol. The van der Waals surface area contributed by atoms with Gasteiger partial charge in [0.25, 0.3) is 0 Å². The van der Waals surface area contributed by atoms with Gasteiger partial charge < -0.3 is 5.11 Å². The van der Waals surface area contributed by atoms with Crippen molar-refractivity contribution in [2.24, 2.45) is 5.41 Å². The van der Waals surface area contributed by atoms with Crippen molar-refractivity contribution in [3.05, 3.63) is 40.4 Å². The molecule has 0 bridgehead atoms. The highest BCUT2D eigenvalue weighted by Crippen LogP contribution is 2.65. The Labute approximate surface area is 114 Å². The van der Waals surface area contributed by atoms with Gasteiger partial charge in [-0.2, -0.15) is 0 Å². The summed E-state index contributed by atoms with van der Waals surface area (Å²) < 4.78 is 0. The number of aliphatic hydroxyl groups is 1. The van der Waals surface area contributed by atoms with E-state index in [1.54, 1.807) is 6.92 Å². The fraction of sp³-hybridized carbons (Fsp3) is 0.529. The second kappa shape index (κ2) is 3.69. The molecule has 0 aliphatic heterocycles. The summed E-state index contributed by atoms with van der Waals surface area (Å²) in [5, 5.41) is 10.7. The van der Waals surface area contributed by atoms with Crippen LogP contribution in [0.1, 0.15) is 47.0 Å². The van der Waals surface area contributed by atoms with Crippen LogP contribution >= 0.6 is 0 Å². The quantitative estimate of drug-likeness (QED) is 0.824. The topological polar surface area (TPSA) is 37.3 Å². The Morgan fingerprint density at radius 3 is 2.53 bits per heavy atom. The predicted molar refractivity (Wildman–Crippen MR) is 75.4 cm³/mol. The SMILES string of the molecule is CC[CH]C1=C(C)C=C2C(=O)[C@](C)(O)C3(CC3)C(C)=C21. The van der Waals surface area contributed by atoms with Crippen LogP contribution in [-0.2, 0) is 4.79 Å². The van der Waals surface area contributed by atoms with Crippen molar-refractivity contribution in [3.8, 4) is 0 Å². The third-order valence-corrected chi connectivity index (χ3v) is 5.19. The minimum atomic E-state index is -1.23. The van der Waals surface area contributed by atoms with Crippen molar-refractivity contribution in [2.45, 2.75) is 52.6 Å². The van der Waals surface area contributed by atoms with Gasteiger partial charge in [-0.05, 0) is 69.2 Å². The normalized spacial score (nSPS) is 32.1. The molecule has 19 heavy (non-hydrogen) atoms. The van der Waals surface area contributed by atoms with Crippen LogP contribution in [0.3, 0.4) is 0 Å². The van der Waals surface area contributed by atoms with Crippen molar-refractivity contribution in [2.75, 3.05) is 0 Å². The highest BCUT2D eigenvalue weighted by Gasteiger charge is 2.64. The third kappa shape index (κ3) is 1.38. The maximum atomic E-state index is 12.6. The van der Waals surface area contributed by atoms with E-state index in [1.807, 2.05) is 6.08 Å². The van der Waals surface area contributed by atoms with E-state index < -0.39 is 5.60 Å². The number of carbonyl (C=O) groups excluding carboxylic acids is 1. The van der Waals surface area contributed by atoms with E-state index in [9.17, 15) is 9.90 Å². The smallest absolute Gasteiger partial charge is 0.195 e. The van der Waals surface area contributed by atoms with Gasteiger partial charge in [-0.1, -0.05) is 12.5 Å². The van der Waals surface area contributed by atoms with E-state index in [1.165, 1.54) is 11.1 Å². The van der Waals surface area contributed by atoms with Gasteiger partial charge in [-0.15, -0.1) is 0 Å². The van der Waals surface area contributed by atoms with Crippen LogP contribution < -0.4 is 0 Å². The van der Waals surface area contributed by atoms with Gasteiger partial charge in [-0.3, -0.25) is 4.79 Å². The molecule has 0 heterocycles. The van der Waals surface area contributed by atoms with Gasteiger partial charge in [0.15, 0.2) is 5.78 Å². The van der Waals surface area contributed by atoms with Crippen LogP contribution in [-0.4, -0.2) is 16.5 Å². The summed E-state index contributed by atoms with van der Waals surface area (Å²) in [6, 6.07) is 0. The Balaban J connectivity index is 2.21. The van der Waals surface area contributed by atoms with E-state index in [0.29, 0.717) is 0 Å². The molecular weight excluding hydrogens is 236 g/mol. The summed E-state index contributed by atoms with van der Waals surface area (Å²) in [7, 11) is 0. The molecule has 1 fully saturated rings. The lowest BCUT2D eigenvalue weighted by atomic mass is 9.67. The molecule has 3 aliphatic rings. The van der Waals surface area contributed by atoms with Crippen LogP contribution in [0.4, 0.5) is 0 Å². The Hall–Kier alpha value is -1.15. The summed E-state index contributed by atoms with van der Waals surface area (Å²) in [5.74, 6) is -0.0931. The fourth-order valence-corrected chi connectivity index (χ4v) is 3.83. The number of hydrogen-bond acceptors (Lipinski definition) is 2. The molecule has 1 saturated carbocycles. The lowest BCUT2D eigenvalue weighted by Gasteiger charge is -2.39. The van der Waals surface area contributed by atoms with E-state index >= 15 is 0 Å². The summed E-state index contributed by atoms with van der Waals surface area (Å²) in [5.41, 5.74) is 3.85. The first kappa shape index (κ1) is 12.9. The van der Waals surface area contributed by atoms with E-state index in [4.69, 9.17) is 0 Å². The van der Waals surface area contributed by atoms with Gasteiger partial charge in [0.2, 0.25) is 0 Å². The lowest BCUT2D eigenvalue weighted by molar-refractivity contribution is -0.137. The second-order valence-electron chi connectivity index (χ2n) is 6.25. The van der Waals surface area contributed by atoms with Gasteiger partial charge in [0.1, 0.15) is 5.60 Å². The van der Waals surface area contributed by atoms with Gasteiger partial charge >= 0.3 is 0 Å². The molecule has 1 atom stereocenters. The molecule has 0 amide bonds. The first-order chi connectivity index (χ1) is 8.87. The zero-order chi connectivity index (χ0) is 14.0. The molecule has 101 valence electrons. The predicted octanol–water partition coefficient (Wildman–Crippen LogP) is 3.29. The number of ketones is 1. The average molecular weight is 257 g/mol. The summed E-state index contributed by atoms with van der Waals surface area (Å²) in [6.45, 7) is 7.95. The molecule has 0 saturated heterocycles. The Morgan fingerprint density at radius 1 is 1.37 bits per heavy atom. The van der Waals surface area contributed by atoms with Gasteiger partial charge in [0, 0.05) is 11.0 Å². The van der Waals surface area contributed by atoms with Gasteiger partial charge in [0.05, 0.1) is 0 Å². The minimum absolute atomic E-state index is 0.0931. The molecule has 0 unspecified atom stereocenters. The third-order valence-electron chi connectivity index (χ3n) is 5.19. The molecule has 0 aromatic rings. The summed E-state index contributed by atoms with van der Waals surface area (Å²) in [4.78, 5) is 12.6. The van der Waals surface area contributed by atoms with Crippen molar-refractivity contribution < 1.29 is 9.90 Å². The summed E-state index contributed by atoms with van der Waals surface area (Å²) in [6.07, 6.45) is 6.95. The number of Topliss-reactive ketones (excluding diaryl/α,β-unsaturated/α-hetero) is 1. The van der Waals surface area contributed by atoms with Crippen LogP contribution in [0.5, 0.6) is 0 Å². The maximum Gasteiger partial charge on any atom is 0.195 e. The van der Waals surface area contributed by atoms with Gasteiger partial charge in [-0.25, -0.2) is 0 Å². The minimum Gasteiger partial charge on any atom is -0.381 e. The zero-order valence-electron chi connectivity index (χ0n) is 12.1. The van der Waals surface area contributed by atoms with E-state index in [-0.39, 0.29) is 11.2 Å². The number of carbonyl (C=O) groups is 1. The molecule has 0 aromatic heterocycles. The molecule has 3 rings (SSSR count). The molecule has 3 aliphatic carbocycles. The number of hydrogen-bond donors (Lipinski definition) is 1. The van der Waals surface area contributed by atoms with Crippen molar-refractivity contribution in [1.29, 1.82) is 0 Å². The fourth-order valence-electron chi connectivity index (χ4n) is 3.83. The molecule has 2 heteroatoms. The van der Waals surface area contributed by atoms with Crippen molar-refractivity contribution in [1.82, 2.24) is 0 Å². The highest BCUT2D eigenvalue weighted by atomic mass is 16.3. The molecule has 1 spiro atoms. The number of fused-ring (bicyclic) bond motifs is 1. The van der Waals surface area contributed by atoms with Crippen molar-refractivity contribution in [3.63, 3.8) is 0 Å². The van der Waals surface area contributed by atoms with E-state index in [2.05, 4.69) is 27.2 Å². The number of rotatable bonds is 2. The molecular formula is C17H21O2. The standard InChI is InChI=1S/C17H21O2/c1-5-6-12-10(2)9-13-14(12)11(3)17(7-8-17)16(4,19)15(13)18/h6,9,19H,5,7-8H2,1-4H3/t16-/m0/s1.